The number of methoxy groups -OCH3 is 1. The summed E-state index contributed by atoms with van der Waals surface area (Å²) in [6.07, 6.45) is 0.216. The Labute approximate surface area is 152 Å². The fraction of sp³-hybridized carbons (Fsp3) is 0.235. The second-order valence-corrected chi connectivity index (χ2v) is 7.39. The van der Waals surface area contributed by atoms with Crippen LogP contribution in [0.2, 0.25) is 5.02 Å². The Balaban J connectivity index is 1.97. The normalized spacial score (nSPS) is 11.1. The first-order valence-corrected chi connectivity index (χ1v) is 9.40. The fourth-order valence-electron chi connectivity index (χ4n) is 2.06. The minimum absolute atomic E-state index is 0.119. The van der Waals surface area contributed by atoms with Crippen LogP contribution in [0.15, 0.2) is 53.4 Å². The molecule has 0 unspecified atom stereocenters. The van der Waals surface area contributed by atoms with Crippen LogP contribution in [-0.4, -0.2) is 34.6 Å². The lowest BCUT2D eigenvalue weighted by molar-refractivity contribution is -0.120. The number of hydrogen-bond donors (Lipinski definition) is 2. The molecular formula is C17H19ClN2O4S. The molecule has 0 atom stereocenters. The lowest BCUT2D eigenvalue weighted by Gasteiger charge is -2.09. The Kier molecular flexibility index (Phi) is 6.81. The van der Waals surface area contributed by atoms with Gasteiger partial charge < -0.3 is 10.1 Å². The highest BCUT2D eigenvalue weighted by molar-refractivity contribution is 7.92. The van der Waals surface area contributed by atoms with Gasteiger partial charge in [0.2, 0.25) is 5.91 Å². The summed E-state index contributed by atoms with van der Waals surface area (Å²) in [5.41, 5.74) is 1.20. The van der Waals surface area contributed by atoms with Crippen LogP contribution >= 0.6 is 11.6 Å². The monoisotopic (exact) mass is 382 g/mol. The van der Waals surface area contributed by atoms with Crippen molar-refractivity contribution >= 4 is 33.2 Å². The van der Waals surface area contributed by atoms with Crippen LogP contribution in [0.5, 0.6) is 0 Å². The van der Waals surface area contributed by atoms with Crippen molar-refractivity contribution in [2.45, 2.75) is 11.3 Å². The number of amides is 1. The predicted molar refractivity (Wildman–Crippen MR) is 97.3 cm³/mol. The lowest BCUT2D eigenvalue weighted by Crippen LogP contribution is -2.28. The third-order valence-corrected chi connectivity index (χ3v) is 4.97. The average molecular weight is 383 g/mol. The first-order valence-electron chi connectivity index (χ1n) is 7.54. The standard InChI is InChI=1S/C17H19ClN2O4S/c1-24-11-10-19-17(21)12-13-2-6-15(7-3-13)20-25(22,23)16-8-4-14(18)5-9-16/h2-9,20H,10-12H2,1H3,(H,19,21). The number of nitrogens with one attached hydrogen (secondary N) is 2. The summed E-state index contributed by atoms with van der Waals surface area (Å²) < 4.78 is 31.9. The van der Waals surface area contributed by atoms with E-state index in [2.05, 4.69) is 10.0 Å². The van der Waals surface area contributed by atoms with Crippen LogP contribution in [0.1, 0.15) is 5.56 Å². The van der Waals surface area contributed by atoms with Crippen molar-refractivity contribution in [3.05, 3.63) is 59.1 Å². The highest BCUT2D eigenvalue weighted by Gasteiger charge is 2.14. The van der Waals surface area contributed by atoms with Crippen molar-refractivity contribution in [3.63, 3.8) is 0 Å². The van der Waals surface area contributed by atoms with Gasteiger partial charge in [-0.2, -0.15) is 0 Å². The molecule has 2 aromatic rings. The molecule has 8 heteroatoms. The molecule has 0 aliphatic rings. The van der Waals surface area contributed by atoms with Crippen molar-refractivity contribution < 1.29 is 17.9 Å². The van der Waals surface area contributed by atoms with E-state index in [-0.39, 0.29) is 17.2 Å². The molecule has 1 amide bonds. The molecule has 2 N–H and O–H groups in total. The minimum Gasteiger partial charge on any atom is -0.383 e. The van der Waals surface area contributed by atoms with Crippen LogP contribution in [0, 0.1) is 0 Å². The lowest BCUT2D eigenvalue weighted by atomic mass is 10.1. The molecule has 0 heterocycles. The number of hydrogen-bond acceptors (Lipinski definition) is 4. The Bertz CT molecular complexity index is 806. The molecule has 2 rings (SSSR count). The van der Waals surface area contributed by atoms with Crippen LogP contribution in [-0.2, 0) is 26.0 Å². The molecule has 0 spiro atoms. The van der Waals surface area contributed by atoms with E-state index in [1.54, 1.807) is 31.4 Å². The summed E-state index contributed by atoms with van der Waals surface area (Å²) in [6.45, 7) is 0.908. The molecule has 6 nitrogen and oxygen atoms in total. The molecule has 0 saturated heterocycles. The number of carbonyl (C=O) groups excluding carboxylic acids is 1. The van der Waals surface area contributed by atoms with E-state index in [1.807, 2.05) is 0 Å². The van der Waals surface area contributed by atoms with Crippen LogP contribution in [0.3, 0.4) is 0 Å². The zero-order chi connectivity index (χ0) is 18.3. The number of rotatable bonds is 8. The van der Waals surface area contributed by atoms with E-state index in [1.165, 1.54) is 24.3 Å². The maximum Gasteiger partial charge on any atom is 0.261 e. The number of benzene rings is 2. The molecule has 2 aromatic carbocycles. The minimum atomic E-state index is -3.68. The topological polar surface area (TPSA) is 84.5 Å². The van der Waals surface area contributed by atoms with E-state index in [0.29, 0.717) is 23.9 Å². The Morgan fingerprint density at radius 3 is 2.32 bits per heavy atom. The van der Waals surface area contributed by atoms with Gasteiger partial charge in [-0.05, 0) is 42.0 Å². The molecule has 0 radical (unpaired) electrons. The summed E-state index contributed by atoms with van der Waals surface area (Å²) in [5.74, 6) is -0.119. The maximum absolute atomic E-state index is 12.3. The number of ether oxygens (including phenoxy) is 1. The van der Waals surface area contributed by atoms with Crippen LogP contribution < -0.4 is 10.0 Å². The average Bonchev–Trinajstić information content (AvgIpc) is 2.57. The van der Waals surface area contributed by atoms with Crippen molar-refractivity contribution in [3.8, 4) is 0 Å². The first-order chi connectivity index (χ1) is 11.9. The van der Waals surface area contributed by atoms with Crippen LogP contribution in [0.25, 0.3) is 0 Å². The number of anilines is 1. The number of halogens is 1. The zero-order valence-corrected chi connectivity index (χ0v) is 15.2. The molecule has 0 aromatic heterocycles. The van der Waals surface area contributed by atoms with Gasteiger partial charge in [-0.25, -0.2) is 8.42 Å². The summed E-state index contributed by atoms with van der Waals surface area (Å²) in [5, 5.41) is 3.19. The Morgan fingerprint density at radius 1 is 1.08 bits per heavy atom. The zero-order valence-electron chi connectivity index (χ0n) is 13.7. The molecule has 0 bridgehead atoms. The molecule has 0 saturated carbocycles. The van der Waals surface area contributed by atoms with Gasteiger partial charge in [-0.15, -0.1) is 0 Å². The summed E-state index contributed by atoms with van der Waals surface area (Å²) in [6, 6.07) is 12.5. The van der Waals surface area contributed by atoms with Gasteiger partial charge in [-0.1, -0.05) is 23.7 Å². The molecule has 134 valence electrons. The van der Waals surface area contributed by atoms with Gasteiger partial charge in [-0.3, -0.25) is 9.52 Å². The van der Waals surface area contributed by atoms with E-state index < -0.39 is 10.0 Å². The van der Waals surface area contributed by atoms with E-state index in [4.69, 9.17) is 16.3 Å². The number of sulfonamides is 1. The quantitative estimate of drug-likeness (QED) is 0.687. The molecule has 0 aliphatic heterocycles. The summed E-state index contributed by atoms with van der Waals surface area (Å²) in [7, 11) is -2.12. The molecule has 25 heavy (non-hydrogen) atoms. The summed E-state index contributed by atoms with van der Waals surface area (Å²) >= 11 is 5.77. The fourth-order valence-corrected chi connectivity index (χ4v) is 3.24. The SMILES string of the molecule is COCCNC(=O)Cc1ccc(NS(=O)(=O)c2ccc(Cl)cc2)cc1. The van der Waals surface area contributed by atoms with E-state index in [9.17, 15) is 13.2 Å². The number of carbonyl (C=O) groups is 1. The van der Waals surface area contributed by atoms with Gasteiger partial charge in [0.1, 0.15) is 0 Å². The van der Waals surface area contributed by atoms with Gasteiger partial charge in [0.15, 0.2) is 0 Å². The van der Waals surface area contributed by atoms with Crippen molar-refractivity contribution in [2.75, 3.05) is 25.0 Å². The highest BCUT2D eigenvalue weighted by Crippen LogP contribution is 2.18. The molecule has 0 aliphatic carbocycles. The largest absolute Gasteiger partial charge is 0.383 e. The Morgan fingerprint density at radius 2 is 1.72 bits per heavy atom. The second kappa shape index (κ2) is 8.84. The smallest absolute Gasteiger partial charge is 0.261 e. The van der Waals surface area contributed by atoms with Gasteiger partial charge in [0, 0.05) is 24.4 Å². The molecular weight excluding hydrogens is 364 g/mol. The third-order valence-electron chi connectivity index (χ3n) is 3.32. The van der Waals surface area contributed by atoms with E-state index in [0.717, 1.165) is 5.56 Å². The third kappa shape index (κ3) is 6.04. The van der Waals surface area contributed by atoms with Gasteiger partial charge in [0.25, 0.3) is 10.0 Å². The van der Waals surface area contributed by atoms with Crippen molar-refractivity contribution in [1.82, 2.24) is 5.32 Å². The van der Waals surface area contributed by atoms with Crippen LogP contribution in [0.4, 0.5) is 5.69 Å². The maximum atomic E-state index is 12.3. The predicted octanol–water partition coefficient (Wildman–Crippen LogP) is 2.45. The second-order valence-electron chi connectivity index (χ2n) is 5.28. The van der Waals surface area contributed by atoms with Gasteiger partial charge in [0.05, 0.1) is 17.9 Å². The van der Waals surface area contributed by atoms with E-state index >= 15 is 0 Å². The molecule has 0 fully saturated rings. The van der Waals surface area contributed by atoms with Gasteiger partial charge >= 0.3 is 0 Å². The van der Waals surface area contributed by atoms with Crippen molar-refractivity contribution in [1.29, 1.82) is 0 Å². The highest BCUT2D eigenvalue weighted by atomic mass is 35.5. The Hall–Kier alpha value is -2.09. The van der Waals surface area contributed by atoms with Crippen molar-refractivity contribution in [2.24, 2.45) is 0 Å². The first kappa shape index (κ1) is 19.2. The summed E-state index contributed by atoms with van der Waals surface area (Å²) in [4.78, 5) is 11.8.